The quantitative estimate of drug-likeness (QED) is 0.136. The number of hydrogen-bond donors (Lipinski definition) is 1. The van der Waals surface area contributed by atoms with E-state index in [1.807, 2.05) is 13.0 Å². The van der Waals surface area contributed by atoms with Crippen molar-refractivity contribution in [2.75, 3.05) is 12.0 Å². The monoisotopic (exact) mass is 499 g/mol. The number of nitro groups is 1. The van der Waals surface area contributed by atoms with Crippen molar-refractivity contribution in [1.29, 1.82) is 0 Å². The predicted octanol–water partition coefficient (Wildman–Crippen LogP) is 6.77. The SMILES string of the molecule is C=CCc1cc(/C=N/Nc2ccc(C(F)(F)F)cc2)cc(OCC)c1OCc1cccc([N+](=O)[O-])c1. The Kier molecular flexibility index (Phi) is 8.66. The molecule has 0 fully saturated rings. The molecule has 0 saturated carbocycles. The van der Waals surface area contributed by atoms with Crippen LogP contribution in [-0.2, 0) is 19.2 Å². The van der Waals surface area contributed by atoms with Gasteiger partial charge in [-0.05, 0) is 60.9 Å². The molecule has 0 spiro atoms. The maximum Gasteiger partial charge on any atom is 0.416 e. The third-order valence-corrected chi connectivity index (χ3v) is 4.94. The Labute approximate surface area is 206 Å². The van der Waals surface area contributed by atoms with Crippen LogP contribution in [0.3, 0.4) is 0 Å². The molecule has 0 radical (unpaired) electrons. The van der Waals surface area contributed by atoms with Gasteiger partial charge in [-0.2, -0.15) is 18.3 Å². The Morgan fingerprint density at radius 1 is 1.11 bits per heavy atom. The number of ether oxygens (including phenoxy) is 2. The maximum atomic E-state index is 12.7. The number of rotatable bonds is 11. The topological polar surface area (TPSA) is 86.0 Å². The summed E-state index contributed by atoms with van der Waals surface area (Å²) in [5.41, 5.74) is 4.38. The second-order valence-electron chi connectivity index (χ2n) is 7.59. The molecule has 0 bridgehead atoms. The first-order chi connectivity index (χ1) is 17.2. The first-order valence-corrected chi connectivity index (χ1v) is 10.9. The summed E-state index contributed by atoms with van der Waals surface area (Å²) in [6.45, 7) is 6.06. The van der Waals surface area contributed by atoms with Crippen molar-refractivity contribution < 1.29 is 27.6 Å². The van der Waals surface area contributed by atoms with Gasteiger partial charge in [-0.25, -0.2) is 0 Å². The molecule has 7 nitrogen and oxygen atoms in total. The zero-order valence-corrected chi connectivity index (χ0v) is 19.4. The van der Waals surface area contributed by atoms with Crippen LogP contribution in [0, 0.1) is 10.1 Å². The average Bonchev–Trinajstić information content (AvgIpc) is 2.84. The van der Waals surface area contributed by atoms with Crippen molar-refractivity contribution >= 4 is 17.6 Å². The van der Waals surface area contributed by atoms with Gasteiger partial charge in [-0.15, -0.1) is 6.58 Å². The highest BCUT2D eigenvalue weighted by Crippen LogP contribution is 2.34. The summed E-state index contributed by atoms with van der Waals surface area (Å²) < 4.78 is 49.9. The van der Waals surface area contributed by atoms with Crippen LogP contribution >= 0.6 is 0 Å². The predicted molar refractivity (Wildman–Crippen MR) is 132 cm³/mol. The average molecular weight is 499 g/mol. The number of anilines is 1. The maximum absolute atomic E-state index is 12.7. The van der Waals surface area contributed by atoms with Crippen LogP contribution in [-0.4, -0.2) is 17.7 Å². The summed E-state index contributed by atoms with van der Waals surface area (Å²) in [4.78, 5) is 10.6. The molecule has 3 rings (SSSR count). The molecule has 10 heteroatoms. The van der Waals surface area contributed by atoms with Gasteiger partial charge in [-0.1, -0.05) is 18.2 Å². The number of hydrazone groups is 1. The summed E-state index contributed by atoms with van der Waals surface area (Å²) in [6, 6.07) is 14.2. The van der Waals surface area contributed by atoms with E-state index in [9.17, 15) is 23.3 Å². The Bertz CT molecular complexity index is 1240. The Morgan fingerprint density at radius 2 is 1.86 bits per heavy atom. The van der Waals surface area contributed by atoms with E-state index < -0.39 is 16.7 Å². The van der Waals surface area contributed by atoms with Gasteiger partial charge in [0.1, 0.15) is 6.61 Å². The lowest BCUT2D eigenvalue weighted by molar-refractivity contribution is -0.384. The van der Waals surface area contributed by atoms with Gasteiger partial charge < -0.3 is 9.47 Å². The van der Waals surface area contributed by atoms with Crippen LogP contribution in [0.2, 0.25) is 0 Å². The molecule has 0 atom stereocenters. The molecule has 0 saturated heterocycles. The number of nitrogens with one attached hydrogen (secondary N) is 1. The molecule has 0 aliphatic rings. The lowest BCUT2D eigenvalue weighted by Gasteiger charge is -2.17. The van der Waals surface area contributed by atoms with Gasteiger partial charge in [0.25, 0.3) is 5.69 Å². The minimum atomic E-state index is -4.40. The second kappa shape index (κ2) is 11.9. The van der Waals surface area contributed by atoms with E-state index in [2.05, 4.69) is 17.1 Å². The number of nitrogens with zero attached hydrogens (tertiary/aromatic N) is 2. The van der Waals surface area contributed by atoms with Crippen molar-refractivity contribution in [2.45, 2.75) is 26.1 Å². The summed E-state index contributed by atoms with van der Waals surface area (Å²) in [6.07, 6.45) is -0.736. The number of nitro benzene ring substituents is 1. The highest BCUT2D eigenvalue weighted by molar-refractivity contribution is 5.82. The van der Waals surface area contributed by atoms with Crippen LogP contribution in [0.1, 0.15) is 29.2 Å². The van der Waals surface area contributed by atoms with Crippen LogP contribution in [0.15, 0.2) is 78.4 Å². The van der Waals surface area contributed by atoms with Crippen molar-refractivity contribution in [3.05, 3.63) is 106 Å². The van der Waals surface area contributed by atoms with Gasteiger partial charge >= 0.3 is 6.18 Å². The van der Waals surface area contributed by atoms with E-state index in [0.29, 0.717) is 41.3 Å². The fraction of sp³-hybridized carbons (Fsp3) is 0.192. The minimum Gasteiger partial charge on any atom is -0.490 e. The molecule has 0 aromatic heterocycles. The molecule has 188 valence electrons. The smallest absolute Gasteiger partial charge is 0.416 e. The molecule has 3 aromatic rings. The minimum absolute atomic E-state index is 0.0282. The summed E-state index contributed by atoms with van der Waals surface area (Å²) in [5.74, 6) is 0.939. The van der Waals surface area contributed by atoms with E-state index >= 15 is 0 Å². The number of alkyl halides is 3. The van der Waals surface area contributed by atoms with Gasteiger partial charge in [0.15, 0.2) is 11.5 Å². The van der Waals surface area contributed by atoms with Gasteiger partial charge in [0.2, 0.25) is 0 Å². The highest BCUT2D eigenvalue weighted by atomic mass is 19.4. The first-order valence-electron chi connectivity index (χ1n) is 10.9. The number of halogens is 3. The number of allylic oxidation sites excluding steroid dienone is 1. The van der Waals surface area contributed by atoms with Crippen molar-refractivity contribution in [3.63, 3.8) is 0 Å². The number of non-ortho nitro benzene ring substituents is 1. The fourth-order valence-corrected chi connectivity index (χ4v) is 3.32. The van der Waals surface area contributed by atoms with E-state index in [0.717, 1.165) is 17.7 Å². The van der Waals surface area contributed by atoms with Crippen molar-refractivity contribution in [1.82, 2.24) is 0 Å². The molecule has 3 aromatic carbocycles. The van der Waals surface area contributed by atoms with E-state index in [1.54, 1.807) is 24.3 Å². The Morgan fingerprint density at radius 3 is 2.50 bits per heavy atom. The second-order valence-corrected chi connectivity index (χ2v) is 7.59. The molecule has 0 aliphatic heterocycles. The Balaban J connectivity index is 1.81. The van der Waals surface area contributed by atoms with Crippen LogP contribution in [0.5, 0.6) is 11.5 Å². The lowest BCUT2D eigenvalue weighted by atomic mass is 10.1. The summed E-state index contributed by atoms with van der Waals surface area (Å²) >= 11 is 0. The van der Waals surface area contributed by atoms with Gasteiger partial charge in [0.05, 0.1) is 29.0 Å². The molecule has 0 aliphatic carbocycles. The molecule has 36 heavy (non-hydrogen) atoms. The molecule has 0 amide bonds. The third-order valence-electron chi connectivity index (χ3n) is 4.94. The van der Waals surface area contributed by atoms with Crippen molar-refractivity contribution in [2.24, 2.45) is 5.10 Å². The van der Waals surface area contributed by atoms with E-state index in [-0.39, 0.29) is 12.3 Å². The van der Waals surface area contributed by atoms with Gasteiger partial charge in [-0.3, -0.25) is 15.5 Å². The zero-order valence-electron chi connectivity index (χ0n) is 19.4. The largest absolute Gasteiger partial charge is 0.490 e. The fourth-order valence-electron chi connectivity index (χ4n) is 3.32. The molecule has 0 unspecified atom stereocenters. The third kappa shape index (κ3) is 7.08. The van der Waals surface area contributed by atoms with E-state index in [4.69, 9.17) is 9.47 Å². The van der Waals surface area contributed by atoms with Crippen LogP contribution < -0.4 is 14.9 Å². The standard InChI is InChI=1S/C26H24F3N3O4/c1-3-6-20-13-19(16-30-31-22-11-9-21(10-12-22)26(27,28)29)15-24(35-4-2)25(20)36-17-18-7-5-8-23(14-18)32(33)34/h3,5,7-16,31H,1,4,6,17H2,2H3/b30-16+. The van der Waals surface area contributed by atoms with Gasteiger partial charge in [0, 0.05) is 17.7 Å². The van der Waals surface area contributed by atoms with E-state index in [1.165, 1.54) is 30.5 Å². The summed E-state index contributed by atoms with van der Waals surface area (Å²) in [7, 11) is 0. The molecular formula is C26H24F3N3O4. The van der Waals surface area contributed by atoms with Crippen LogP contribution in [0.25, 0.3) is 0 Å². The number of benzene rings is 3. The Hall–Kier alpha value is -4.34. The first kappa shape index (κ1) is 26.3. The molecule has 0 heterocycles. The molecule has 1 N–H and O–H groups in total. The number of hydrogen-bond acceptors (Lipinski definition) is 6. The zero-order chi connectivity index (χ0) is 26.1. The lowest BCUT2D eigenvalue weighted by Crippen LogP contribution is -2.05. The van der Waals surface area contributed by atoms with Crippen molar-refractivity contribution in [3.8, 4) is 11.5 Å². The summed E-state index contributed by atoms with van der Waals surface area (Å²) in [5, 5.41) is 15.2. The molecular weight excluding hydrogens is 475 g/mol. The highest BCUT2D eigenvalue weighted by Gasteiger charge is 2.29. The normalized spacial score (nSPS) is 11.3. The van der Waals surface area contributed by atoms with Crippen LogP contribution in [0.4, 0.5) is 24.5 Å².